The Morgan fingerprint density at radius 3 is 2.65 bits per heavy atom. The Balaban J connectivity index is 2.03. The maximum absolute atomic E-state index is 5.44. The predicted octanol–water partition coefficient (Wildman–Crippen LogP) is 3.02. The van der Waals surface area contributed by atoms with Crippen LogP contribution in [-0.4, -0.2) is 25.8 Å². The summed E-state index contributed by atoms with van der Waals surface area (Å²) in [5, 5.41) is 3.53. The van der Waals surface area contributed by atoms with Crippen molar-refractivity contribution in [2.24, 2.45) is 0 Å². The lowest BCUT2D eigenvalue weighted by atomic mass is 10.1. The first kappa shape index (κ1) is 14.2. The highest BCUT2D eigenvalue weighted by Gasteiger charge is 2.01. The quantitative estimate of drug-likeness (QED) is 0.664. The molecule has 0 fully saturated rings. The molecule has 0 saturated heterocycles. The van der Waals surface area contributed by atoms with Crippen molar-refractivity contribution in [3.05, 3.63) is 35.9 Å². The Labute approximate surface area is 105 Å². The normalized spacial score (nSPS) is 12.6. The van der Waals surface area contributed by atoms with Crippen molar-refractivity contribution >= 4 is 0 Å². The molecule has 1 unspecified atom stereocenters. The van der Waals surface area contributed by atoms with Gasteiger partial charge in [-0.05, 0) is 38.3 Å². The molecule has 0 spiro atoms. The minimum atomic E-state index is 0.531. The van der Waals surface area contributed by atoms with Gasteiger partial charge in [-0.15, -0.1) is 0 Å². The van der Waals surface area contributed by atoms with Crippen LogP contribution in [0.25, 0.3) is 0 Å². The Morgan fingerprint density at radius 2 is 1.94 bits per heavy atom. The van der Waals surface area contributed by atoms with Crippen molar-refractivity contribution < 1.29 is 4.74 Å². The summed E-state index contributed by atoms with van der Waals surface area (Å²) in [4.78, 5) is 0. The van der Waals surface area contributed by atoms with E-state index in [9.17, 15) is 0 Å². The topological polar surface area (TPSA) is 21.3 Å². The average Bonchev–Trinajstić information content (AvgIpc) is 2.35. The van der Waals surface area contributed by atoms with E-state index in [4.69, 9.17) is 4.74 Å². The molecule has 0 amide bonds. The zero-order valence-corrected chi connectivity index (χ0v) is 11.1. The molecule has 1 aromatic carbocycles. The molecule has 0 aliphatic rings. The zero-order chi connectivity index (χ0) is 12.3. The molecule has 96 valence electrons. The van der Waals surface area contributed by atoms with Gasteiger partial charge in [-0.3, -0.25) is 0 Å². The smallest absolute Gasteiger partial charge is 0.0478 e. The summed E-state index contributed by atoms with van der Waals surface area (Å²) in [5.74, 6) is 0. The SMILES string of the molecule is CCCOCCCNC(C)Cc1ccccc1. The highest BCUT2D eigenvalue weighted by Crippen LogP contribution is 2.02. The summed E-state index contributed by atoms with van der Waals surface area (Å²) in [6.07, 6.45) is 3.30. The first-order valence-corrected chi connectivity index (χ1v) is 6.68. The largest absolute Gasteiger partial charge is 0.381 e. The van der Waals surface area contributed by atoms with Gasteiger partial charge in [0.05, 0.1) is 0 Å². The van der Waals surface area contributed by atoms with Gasteiger partial charge in [-0.1, -0.05) is 37.3 Å². The fourth-order valence-corrected chi connectivity index (χ4v) is 1.81. The van der Waals surface area contributed by atoms with E-state index in [0.29, 0.717) is 6.04 Å². The van der Waals surface area contributed by atoms with Crippen LogP contribution in [-0.2, 0) is 11.2 Å². The number of hydrogen-bond donors (Lipinski definition) is 1. The Hall–Kier alpha value is -0.860. The molecule has 0 aliphatic carbocycles. The fourth-order valence-electron chi connectivity index (χ4n) is 1.81. The molecular weight excluding hydrogens is 210 g/mol. The summed E-state index contributed by atoms with van der Waals surface area (Å²) >= 11 is 0. The number of rotatable bonds is 9. The number of benzene rings is 1. The monoisotopic (exact) mass is 235 g/mol. The van der Waals surface area contributed by atoms with Crippen LogP contribution < -0.4 is 5.32 Å². The molecule has 0 saturated carbocycles. The van der Waals surface area contributed by atoms with E-state index in [1.807, 2.05) is 0 Å². The van der Waals surface area contributed by atoms with E-state index in [2.05, 4.69) is 49.5 Å². The first-order valence-electron chi connectivity index (χ1n) is 6.68. The number of nitrogens with one attached hydrogen (secondary N) is 1. The van der Waals surface area contributed by atoms with Crippen LogP contribution in [0.2, 0.25) is 0 Å². The summed E-state index contributed by atoms with van der Waals surface area (Å²) in [6, 6.07) is 11.2. The van der Waals surface area contributed by atoms with Crippen molar-refractivity contribution in [2.45, 2.75) is 39.2 Å². The van der Waals surface area contributed by atoms with E-state index in [0.717, 1.165) is 39.0 Å². The van der Waals surface area contributed by atoms with Gasteiger partial charge in [-0.25, -0.2) is 0 Å². The first-order chi connectivity index (χ1) is 8.33. The molecule has 1 atom stereocenters. The van der Waals surface area contributed by atoms with E-state index in [-0.39, 0.29) is 0 Å². The van der Waals surface area contributed by atoms with Crippen LogP contribution >= 0.6 is 0 Å². The van der Waals surface area contributed by atoms with Crippen molar-refractivity contribution in [3.8, 4) is 0 Å². The third kappa shape index (κ3) is 7.14. The summed E-state index contributed by atoms with van der Waals surface area (Å²) < 4.78 is 5.44. The predicted molar refractivity (Wildman–Crippen MR) is 73.3 cm³/mol. The molecular formula is C15H25NO. The highest BCUT2D eigenvalue weighted by molar-refractivity contribution is 5.15. The van der Waals surface area contributed by atoms with Crippen molar-refractivity contribution in [1.29, 1.82) is 0 Å². The van der Waals surface area contributed by atoms with Crippen LogP contribution in [0.1, 0.15) is 32.3 Å². The third-order valence-corrected chi connectivity index (χ3v) is 2.69. The molecule has 0 aliphatic heterocycles. The molecule has 1 aromatic rings. The minimum Gasteiger partial charge on any atom is -0.381 e. The van der Waals surface area contributed by atoms with Crippen molar-refractivity contribution in [3.63, 3.8) is 0 Å². The third-order valence-electron chi connectivity index (χ3n) is 2.69. The lowest BCUT2D eigenvalue weighted by molar-refractivity contribution is 0.132. The maximum Gasteiger partial charge on any atom is 0.0478 e. The summed E-state index contributed by atoms with van der Waals surface area (Å²) in [5.41, 5.74) is 1.40. The van der Waals surface area contributed by atoms with Crippen LogP contribution in [0.15, 0.2) is 30.3 Å². The van der Waals surface area contributed by atoms with Gasteiger partial charge in [-0.2, -0.15) is 0 Å². The standard InChI is InChI=1S/C15H25NO/c1-3-11-17-12-7-10-16-14(2)13-15-8-5-4-6-9-15/h4-6,8-9,14,16H,3,7,10-13H2,1-2H3. The molecule has 1 rings (SSSR count). The van der Waals surface area contributed by atoms with Gasteiger partial charge in [0.2, 0.25) is 0 Å². The van der Waals surface area contributed by atoms with Crippen LogP contribution in [0.3, 0.4) is 0 Å². The van der Waals surface area contributed by atoms with Crippen molar-refractivity contribution in [2.75, 3.05) is 19.8 Å². The molecule has 17 heavy (non-hydrogen) atoms. The second kappa shape index (κ2) is 9.20. The molecule has 2 nitrogen and oxygen atoms in total. The number of ether oxygens (including phenoxy) is 1. The van der Waals surface area contributed by atoms with Gasteiger partial charge < -0.3 is 10.1 Å². The van der Waals surface area contributed by atoms with Crippen molar-refractivity contribution in [1.82, 2.24) is 5.32 Å². The number of hydrogen-bond acceptors (Lipinski definition) is 2. The van der Waals surface area contributed by atoms with E-state index < -0.39 is 0 Å². The van der Waals surface area contributed by atoms with Gasteiger partial charge in [0.1, 0.15) is 0 Å². The van der Waals surface area contributed by atoms with E-state index in [1.54, 1.807) is 0 Å². The lowest BCUT2D eigenvalue weighted by Gasteiger charge is -2.13. The van der Waals surface area contributed by atoms with Crippen LogP contribution in [0, 0.1) is 0 Å². The maximum atomic E-state index is 5.44. The molecule has 0 radical (unpaired) electrons. The van der Waals surface area contributed by atoms with E-state index in [1.165, 1.54) is 5.56 Å². The molecule has 0 aromatic heterocycles. The summed E-state index contributed by atoms with van der Waals surface area (Å²) in [6.45, 7) is 7.18. The molecule has 1 N–H and O–H groups in total. The second-order valence-corrected chi connectivity index (χ2v) is 4.51. The molecule has 2 heteroatoms. The second-order valence-electron chi connectivity index (χ2n) is 4.51. The zero-order valence-electron chi connectivity index (χ0n) is 11.1. The van der Waals surface area contributed by atoms with Gasteiger partial charge in [0, 0.05) is 19.3 Å². The minimum absolute atomic E-state index is 0.531. The highest BCUT2D eigenvalue weighted by atomic mass is 16.5. The van der Waals surface area contributed by atoms with Gasteiger partial charge in [0.25, 0.3) is 0 Å². The van der Waals surface area contributed by atoms with Crippen LogP contribution in [0.5, 0.6) is 0 Å². The molecule has 0 heterocycles. The lowest BCUT2D eigenvalue weighted by Crippen LogP contribution is -2.29. The summed E-state index contributed by atoms with van der Waals surface area (Å²) in [7, 11) is 0. The fraction of sp³-hybridized carbons (Fsp3) is 0.600. The Kier molecular flexibility index (Phi) is 7.69. The Bertz CT molecular complexity index is 274. The van der Waals surface area contributed by atoms with Gasteiger partial charge in [0.15, 0.2) is 0 Å². The van der Waals surface area contributed by atoms with Gasteiger partial charge >= 0.3 is 0 Å². The average molecular weight is 235 g/mol. The Morgan fingerprint density at radius 1 is 1.18 bits per heavy atom. The van der Waals surface area contributed by atoms with E-state index >= 15 is 0 Å². The van der Waals surface area contributed by atoms with Crippen LogP contribution in [0.4, 0.5) is 0 Å². The molecule has 0 bridgehead atoms.